The Labute approximate surface area is 132 Å². The molecule has 0 aliphatic heterocycles. The van der Waals surface area contributed by atoms with E-state index < -0.39 is 5.97 Å². The second-order valence-corrected chi connectivity index (χ2v) is 5.37. The van der Waals surface area contributed by atoms with Crippen molar-refractivity contribution in [1.29, 1.82) is 0 Å². The third-order valence-corrected chi connectivity index (χ3v) is 3.69. The van der Waals surface area contributed by atoms with Crippen molar-refractivity contribution < 1.29 is 14.7 Å². The van der Waals surface area contributed by atoms with Crippen LogP contribution in [0.2, 0.25) is 0 Å². The molecule has 0 saturated heterocycles. The van der Waals surface area contributed by atoms with Crippen LogP contribution in [0.3, 0.4) is 0 Å². The molecular formula is C16H14N2O3S. The maximum absolute atomic E-state index is 11.6. The lowest BCUT2D eigenvalue weighted by molar-refractivity contribution is -0.118. The Kier molecular flexibility index (Phi) is 5.73. The predicted octanol–water partition coefficient (Wildman–Crippen LogP) is 2.63. The van der Waals surface area contributed by atoms with Crippen LogP contribution in [0.1, 0.15) is 15.9 Å². The molecule has 112 valence electrons. The molecule has 6 heteroatoms. The number of aromatic carboxylic acids is 1. The highest BCUT2D eigenvalue weighted by Gasteiger charge is 2.02. The smallest absolute Gasteiger partial charge is 0.335 e. The number of carboxylic acids is 1. The molecule has 22 heavy (non-hydrogen) atoms. The van der Waals surface area contributed by atoms with E-state index in [9.17, 15) is 9.59 Å². The van der Waals surface area contributed by atoms with Crippen LogP contribution in [0.5, 0.6) is 0 Å². The summed E-state index contributed by atoms with van der Waals surface area (Å²) in [5.74, 6) is -0.902. The second kappa shape index (κ2) is 7.99. The number of rotatable bonds is 6. The largest absolute Gasteiger partial charge is 0.478 e. The maximum Gasteiger partial charge on any atom is 0.335 e. The van der Waals surface area contributed by atoms with Crippen LogP contribution in [0, 0.1) is 0 Å². The minimum Gasteiger partial charge on any atom is -0.478 e. The van der Waals surface area contributed by atoms with E-state index in [-0.39, 0.29) is 17.2 Å². The summed E-state index contributed by atoms with van der Waals surface area (Å²) in [7, 11) is 0. The average molecular weight is 314 g/mol. The summed E-state index contributed by atoms with van der Waals surface area (Å²) in [6.07, 6.45) is 1.47. The van der Waals surface area contributed by atoms with Crippen LogP contribution >= 0.6 is 11.8 Å². The Morgan fingerprint density at radius 2 is 1.77 bits per heavy atom. The monoisotopic (exact) mass is 314 g/mol. The summed E-state index contributed by atoms with van der Waals surface area (Å²) in [4.78, 5) is 23.4. The lowest BCUT2D eigenvalue weighted by Crippen LogP contribution is -2.19. The van der Waals surface area contributed by atoms with Gasteiger partial charge in [-0.1, -0.05) is 30.3 Å². The quantitative estimate of drug-likeness (QED) is 0.488. The van der Waals surface area contributed by atoms with E-state index in [4.69, 9.17) is 5.11 Å². The molecule has 0 fully saturated rings. The van der Waals surface area contributed by atoms with Gasteiger partial charge in [-0.25, -0.2) is 10.2 Å². The number of hydrogen-bond acceptors (Lipinski definition) is 4. The number of thioether (sulfide) groups is 1. The summed E-state index contributed by atoms with van der Waals surface area (Å²) < 4.78 is 0. The molecule has 1 amide bonds. The molecule has 0 radical (unpaired) electrons. The van der Waals surface area contributed by atoms with Crippen molar-refractivity contribution in [3.63, 3.8) is 0 Å². The van der Waals surface area contributed by atoms with Gasteiger partial charge >= 0.3 is 5.97 Å². The zero-order chi connectivity index (χ0) is 15.8. The fraction of sp³-hybridized carbons (Fsp3) is 0.0625. The van der Waals surface area contributed by atoms with Crippen molar-refractivity contribution in [2.24, 2.45) is 5.10 Å². The number of carboxylic acid groups (broad SMARTS) is 1. The molecule has 0 aromatic heterocycles. The number of nitrogens with one attached hydrogen (secondary N) is 1. The normalized spacial score (nSPS) is 10.5. The first kappa shape index (κ1) is 15.8. The van der Waals surface area contributed by atoms with E-state index in [0.29, 0.717) is 5.56 Å². The fourth-order valence-electron chi connectivity index (χ4n) is 1.59. The minimum absolute atomic E-state index is 0.202. The Morgan fingerprint density at radius 3 is 2.41 bits per heavy atom. The second-order valence-electron chi connectivity index (χ2n) is 4.32. The summed E-state index contributed by atoms with van der Waals surface area (Å²) in [5, 5.41) is 12.6. The van der Waals surface area contributed by atoms with E-state index in [1.165, 1.54) is 30.1 Å². The summed E-state index contributed by atoms with van der Waals surface area (Å²) >= 11 is 1.43. The molecule has 2 rings (SSSR count). The summed E-state index contributed by atoms with van der Waals surface area (Å²) in [6, 6.07) is 15.8. The van der Waals surface area contributed by atoms with Crippen LogP contribution in [0.4, 0.5) is 0 Å². The van der Waals surface area contributed by atoms with Gasteiger partial charge in [0.05, 0.1) is 17.5 Å². The molecule has 2 aromatic rings. The van der Waals surface area contributed by atoms with Gasteiger partial charge in [-0.05, 0) is 29.8 Å². The highest BCUT2D eigenvalue weighted by Crippen LogP contribution is 2.16. The number of carbonyl (C=O) groups excluding carboxylic acids is 1. The van der Waals surface area contributed by atoms with Crippen molar-refractivity contribution in [2.75, 3.05) is 5.75 Å². The predicted molar refractivity (Wildman–Crippen MR) is 86.3 cm³/mol. The molecule has 0 aliphatic rings. The van der Waals surface area contributed by atoms with Crippen LogP contribution < -0.4 is 5.43 Å². The third-order valence-electron chi connectivity index (χ3n) is 2.67. The first-order valence-corrected chi connectivity index (χ1v) is 7.47. The number of hydrogen-bond donors (Lipinski definition) is 2. The molecule has 0 spiro atoms. The molecule has 0 bridgehead atoms. The zero-order valence-electron chi connectivity index (χ0n) is 11.6. The third kappa shape index (κ3) is 5.06. The SMILES string of the molecule is O=C(CSc1ccccc1)N/N=C\c1ccc(C(=O)O)cc1. The molecule has 0 aliphatic carbocycles. The Bertz CT molecular complexity index is 670. The van der Waals surface area contributed by atoms with Gasteiger partial charge in [-0.3, -0.25) is 4.79 Å². The van der Waals surface area contributed by atoms with Crippen LogP contribution in [-0.4, -0.2) is 29.0 Å². The van der Waals surface area contributed by atoms with Gasteiger partial charge in [0.2, 0.25) is 5.91 Å². The molecule has 0 heterocycles. The highest BCUT2D eigenvalue weighted by molar-refractivity contribution is 8.00. The van der Waals surface area contributed by atoms with Crippen LogP contribution in [-0.2, 0) is 4.79 Å². The van der Waals surface area contributed by atoms with Crippen molar-refractivity contribution >= 4 is 29.9 Å². The van der Waals surface area contributed by atoms with Gasteiger partial charge in [0.15, 0.2) is 0 Å². The summed E-state index contributed by atoms with van der Waals surface area (Å²) in [5.41, 5.74) is 3.35. The van der Waals surface area contributed by atoms with E-state index in [0.717, 1.165) is 4.90 Å². The van der Waals surface area contributed by atoms with Crippen molar-refractivity contribution in [2.45, 2.75) is 4.90 Å². The van der Waals surface area contributed by atoms with Crippen molar-refractivity contribution in [3.8, 4) is 0 Å². The van der Waals surface area contributed by atoms with Crippen molar-refractivity contribution in [1.82, 2.24) is 5.43 Å². The Balaban J connectivity index is 1.79. The summed E-state index contributed by atoms with van der Waals surface area (Å²) in [6.45, 7) is 0. The van der Waals surface area contributed by atoms with E-state index in [1.54, 1.807) is 12.1 Å². The number of carbonyl (C=O) groups is 2. The van der Waals surface area contributed by atoms with Crippen LogP contribution in [0.25, 0.3) is 0 Å². The molecule has 0 atom stereocenters. The van der Waals surface area contributed by atoms with E-state index >= 15 is 0 Å². The lowest BCUT2D eigenvalue weighted by atomic mass is 10.1. The standard InChI is InChI=1S/C16H14N2O3S/c19-15(11-22-14-4-2-1-3-5-14)18-17-10-12-6-8-13(9-7-12)16(20)21/h1-10H,11H2,(H,18,19)(H,20,21)/b17-10-. The highest BCUT2D eigenvalue weighted by atomic mass is 32.2. The Hall–Kier alpha value is -2.60. The molecule has 5 nitrogen and oxygen atoms in total. The van der Waals surface area contributed by atoms with Crippen molar-refractivity contribution in [3.05, 3.63) is 65.7 Å². The first-order chi connectivity index (χ1) is 10.6. The molecular weight excluding hydrogens is 300 g/mol. The van der Waals surface area contributed by atoms with Gasteiger partial charge in [0.1, 0.15) is 0 Å². The minimum atomic E-state index is -0.977. The topological polar surface area (TPSA) is 78.8 Å². The number of amides is 1. The zero-order valence-corrected chi connectivity index (χ0v) is 12.4. The van der Waals surface area contributed by atoms with Gasteiger partial charge < -0.3 is 5.11 Å². The van der Waals surface area contributed by atoms with Gasteiger partial charge in [-0.15, -0.1) is 11.8 Å². The van der Waals surface area contributed by atoms with Gasteiger partial charge in [0, 0.05) is 4.90 Å². The molecule has 2 aromatic carbocycles. The molecule has 0 saturated carbocycles. The number of hydrazone groups is 1. The van der Waals surface area contributed by atoms with E-state index in [2.05, 4.69) is 10.5 Å². The number of benzene rings is 2. The van der Waals surface area contributed by atoms with E-state index in [1.807, 2.05) is 30.3 Å². The molecule has 0 unspecified atom stereocenters. The van der Waals surface area contributed by atoms with Gasteiger partial charge in [-0.2, -0.15) is 5.10 Å². The first-order valence-electron chi connectivity index (χ1n) is 6.48. The van der Waals surface area contributed by atoms with Crippen LogP contribution in [0.15, 0.2) is 64.6 Å². The molecule has 2 N–H and O–H groups in total. The fourth-order valence-corrected chi connectivity index (χ4v) is 2.30. The lowest BCUT2D eigenvalue weighted by Gasteiger charge is -2.00. The maximum atomic E-state index is 11.6. The number of nitrogens with zero attached hydrogens (tertiary/aromatic N) is 1. The average Bonchev–Trinajstić information content (AvgIpc) is 2.54. The Morgan fingerprint density at radius 1 is 1.09 bits per heavy atom. The van der Waals surface area contributed by atoms with Gasteiger partial charge in [0.25, 0.3) is 0 Å².